The van der Waals surface area contributed by atoms with Crippen LogP contribution in [0.3, 0.4) is 0 Å². The van der Waals surface area contributed by atoms with Gasteiger partial charge in [0.1, 0.15) is 6.61 Å². The monoisotopic (exact) mass is 348 g/mol. The Morgan fingerprint density at radius 3 is 2.24 bits per heavy atom. The summed E-state index contributed by atoms with van der Waals surface area (Å²) in [6.07, 6.45) is 1.74. The summed E-state index contributed by atoms with van der Waals surface area (Å²) < 4.78 is 10.5. The van der Waals surface area contributed by atoms with Crippen LogP contribution in [0, 0.1) is 11.8 Å². The van der Waals surface area contributed by atoms with Crippen LogP contribution >= 0.6 is 0 Å². The molecule has 0 radical (unpaired) electrons. The quantitative estimate of drug-likeness (QED) is 0.762. The van der Waals surface area contributed by atoms with Crippen molar-refractivity contribution in [3.8, 4) is 0 Å². The van der Waals surface area contributed by atoms with Gasteiger partial charge in [0, 0.05) is 0 Å². The van der Waals surface area contributed by atoms with Crippen molar-refractivity contribution >= 4 is 17.9 Å². The fourth-order valence-corrected chi connectivity index (χ4v) is 3.07. The fourth-order valence-electron chi connectivity index (χ4n) is 3.07. The molecule has 0 spiro atoms. The number of benzene rings is 1. The molecule has 0 saturated heterocycles. The summed E-state index contributed by atoms with van der Waals surface area (Å²) in [5, 5.41) is 9.04. The molecule has 1 saturated carbocycles. The van der Waals surface area contributed by atoms with Gasteiger partial charge in [0.2, 0.25) is 0 Å². The Hall–Kier alpha value is -2.37. The Balaban J connectivity index is 1.97. The summed E-state index contributed by atoms with van der Waals surface area (Å²) in [5.41, 5.74) is 0.878. The van der Waals surface area contributed by atoms with Gasteiger partial charge in [-0.2, -0.15) is 0 Å². The van der Waals surface area contributed by atoms with Crippen LogP contribution in [-0.4, -0.2) is 29.1 Å². The number of hydrogen-bond donors (Lipinski definition) is 1. The lowest BCUT2D eigenvalue weighted by Gasteiger charge is -2.29. The topological polar surface area (TPSA) is 89.9 Å². The zero-order chi connectivity index (χ0) is 18.2. The average Bonchev–Trinajstić information content (AvgIpc) is 2.64. The lowest BCUT2D eigenvalue weighted by Crippen LogP contribution is -2.38. The second-order valence-corrected chi connectivity index (χ2v) is 6.26. The van der Waals surface area contributed by atoms with Gasteiger partial charge in [0.05, 0.1) is 11.8 Å². The average molecular weight is 348 g/mol. The molecule has 0 aromatic heterocycles. The van der Waals surface area contributed by atoms with Crippen molar-refractivity contribution in [1.82, 2.24) is 0 Å². The van der Waals surface area contributed by atoms with Gasteiger partial charge < -0.3 is 14.6 Å². The minimum atomic E-state index is -1.17. The zero-order valence-electron chi connectivity index (χ0n) is 14.3. The molecule has 3 unspecified atom stereocenters. The highest BCUT2D eigenvalue weighted by Crippen LogP contribution is 2.32. The van der Waals surface area contributed by atoms with E-state index in [0.717, 1.165) is 18.4 Å². The van der Waals surface area contributed by atoms with Crippen molar-refractivity contribution in [2.45, 2.75) is 51.7 Å². The van der Waals surface area contributed by atoms with Crippen LogP contribution in [0.5, 0.6) is 0 Å². The Kier molecular flexibility index (Phi) is 6.98. The molecule has 0 heterocycles. The second kappa shape index (κ2) is 9.20. The van der Waals surface area contributed by atoms with Crippen molar-refractivity contribution in [2.24, 2.45) is 11.8 Å². The standard InChI is InChI=1S/C19H24O6/c1-2-16(17(20)21)25-19(23)15-11-7-6-10-14(15)18(22)24-12-13-8-4-3-5-9-13/h3-5,8-9,14-16H,2,6-7,10-12H2,1H3,(H,20,21). The van der Waals surface area contributed by atoms with Crippen molar-refractivity contribution in [3.05, 3.63) is 35.9 Å². The van der Waals surface area contributed by atoms with E-state index in [1.165, 1.54) is 0 Å². The van der Waals surface area contributed by atoms with Crippen LogP contribution in [0.15, 0.2) is 30.3 Å². The molecule has 1 aromatic rings. The third-order valence-corrected chi connectivity index (χ3v) is 4.50. The van der Waals surface area contributed by atoms with E-state index < -0.39 is 35.8 Å². The molecule has 1 aliphatic rings. The van der Waals surface area contributed by atoms with Crippen LogP contribution < -0.4 is 0 Å². The number of carbonyl (C=O) groups excluding carboxylic acids is 2. The molecule has 0 aliphatic heterocycles. The summed E-state index contributed by atoms with van der Waals surface area (Å²) in [6.45, 7) is 1.79. The largest absolute Gasteiger partial charge is 0.479 e. The van der Waals surface area contributed by atoms with Crippen molar-refractivity contribution in [2.75, 3.05) is 0 Å². The number of hydrogen-bond acceptors (Lipinski definition) is 5. The molecule has 3 atom stereocenters. The molecular formula is C19H24O6. The van der Waals surface area contributed by atoms with E-state index in [0.29, 0.717) is 12.8 Å². The van der Waals surface area contributed by atoms with Crippen LogP contribution in [-0.2, 0) is 30.5 Å². The summed E-state index contributed by atoms with van der Waals surface area (Å²) >= 11 is 0. The zero-order valence-corrected chi connectivity index (χ0v) is 14.3. The maximum Gasteiger partial charge on any atom is 0.345 e. The van der Waals surface area contributed by atoms with Crippen LogP contribution in [0.1, 0.15) is 44.6 Å². The summed E-state index contributed by atoms with van der Waals surface area (Å²) in [7, 11) is 0. The lowest BCUT2D eigenvalue weighted by atomic mass is 9.79. The summed E-state index contributed by atoms with van der Waals surface area (Å²) in [5.74, 6) is -3.42. The number of carboxylic acid groups (broad SMARTS) is 1. The van der Waals surface area contributed by atoms with E-state index in [4.69, 9.17) is 14.6 Å². The van der Waals surface area contributed by atoms with Gasteiger partial charge in [0.25, 0.3) is 0 Å². The van der Waals surface area contributed by atoms with Gasteiger partial charge in [-0.15, -0.1) is 0 Å². The highest BCUT2D eigenvalue weighted by molar-refractivity contribution is 5.84. The molecule has 136 valence electrons. The smallest absolute Gasteiger partial charge is 0.345 e. The van der Waals surface area contributed by atoms with Gasteiger partial charge >= 0.3 is 17.9 Å². The number of carbonyl (C=O) groups is 3. The Morgan fingerprint density at radius 2 is 1.68 bits per heavy atom. The first-order chi connectivity index (χ1) is 12.0. The molecular weight excluding hydrogens is 324 g/mol. The van der Waals surface area contributed by atoms with E-state index in [-0.39, 0.29) is 13.0 Å². The first kappa shape index (κ1) is 19.0. The number of rotatable bonds is 7. The molecule has 1 aliphatic carbocycles. The van der Waals surface area contributed by atoms with Crippen LogP contribution in [0.4, 0.5) is 0 Å². The van der Waals surface area contributed by atoms with E-state index >= 15 is 0 Å². The maximum atomic E-state index is 12.4. The minimum Gasteiger partial charge on any atom is -0.479 e. The lowest BCUT2D eigenvalue weighted by molar-refractivity contribution is -0.173. The SMILES string of the molecule is CCC(OC(=O)C1CCCCC1C(=O)OCc1ccccc1)C(=O)O. The van der Waals surface area contributed by atoms with E-state index in [9.17, 15) is 14.4 Å². The molecule has 6 heteroatoms. The molecule has 0 amide bonds. The van der Waals surface area contributed by atoms with Crippen molar-refractivity contribution in [1.29, 1.82) is 0 Å². The first-order valence-electron chi connectivity index (χ1n) is 8.66. The Labute approximate surface area is 147 Å². The van der Waals surface area contributed by atoms with Gasteiger partial charge in [-0.3, -0.25) is 9.59 Å². The van der Waals surface area contributed by atoms with Crippen LogP contribution in [0.2, 0.25) is 0 Å². The number of aliphatic carboxylic acids is 1. The van der Waals surface area contributed by atoms with Crippen LogP contribution in [0.25, 0.3) is 0 Å². The highest BCUT2D eigenvalue weighted by Gasteiger charge is 2.39. The highest BCUT2D eigenvalue weighted by atomic mass is 16.6. The van der Waals surface area contributed by atoms with Crippen molar-refractivity contribution < 1.29 is 29.0 Å². The molecule has 1 N–H and O–H groups in total. The van der Waals surface area contributed by atoms with E-state index in [1.54, 1.807) is 6.92 Å². The second-order valence-electron chi connectivity index (χ2n) is 6.26. The first-order valence-corrected chi connectivity index (χ1v) is 8.66. The number of esters is 2. The molecule has 0 bridgehead atoms. The normalized spacial score (nSPS) is 21.2. The Bertz CT molecular complexity index is 597. The Morgan fingerprint density at radius 1 is 1.08 bits per heavy atom. The molecule has 1 fully saturated rings. The minimum absolute atomic E-state index is 0.157. The summed E-state index contributed by atoms with van der Waals surface area (Å²) in [6, 6.07) is 9.32. The number of ether oxygens (including phenoxy) is 2. The molecule has 25 heavy (non-hydrogen) atoms. The van der Waals surface area contributed by atoms with E-state index in [1.807, 2.05) is 30.3 Å². The van der Waals surface area contributed by atoms with Gasteiger partial charge in [-0.1, -0.05) is 50.1 Å². The molecule has 6 nitrogen and oxygen atoms in total. The predicted molar refractivity (Wildman–Crippen MR) is 89.5 cm³/mol. The van der Waals surface area contributed by atoms with Gasteiger partial charge in [-0.25, -0.2) is 4.79 Å². The molecule has 2 rings (SSSR count). The number of carboxylic acids is 1. The maximum absolute atomic E-state index is 12.4. The third-order valence-electron chi connectivity index (χ3n) is 4.50. The molecule has 1 aromatic carbocycles. The van der Waals surface area contributed by atoms with Crippen molar-refractivity contribution in [3.63, 3.8) is 0 Å². The fraction of sp³-hybridized carbons (Fsp3) is 0.526. The van der Waals surface area contributed by atoms with E-state index in [2.05, 4.69) is 0 Å². The van der Waals surface area contributed by atoms with Gasteiger partial charge in [0.15, 0.2) is 6.10 Å². The third kappa shape index (κ3) is 5.31. The van der Waals surface area contributed by atoms with Gasteiger partial charge in [-0.05, 0) is 24.8 Å². The summed E-state index contributed by atoms with van der Waals surface area (Å²) in [4.78, 5) is 35.9. The predicted octanol–water partition coefficient (Wildman–Crippen LogP) is 2.94.